The number of ether oxygens (including phenoxy) is 2. The first-order valence-electron chi connectivity index (χ1n) is 10.9. The molecule has 0 aliphatic carbocycles. The molecule has 0 saturated carbocycles. The molecule has 6 nitrogen and oxygen atoms in total. The molecule has 0 radical (unpaired) electrons. The summed E-state index contributed by atoms with van der Waals surface area (Å²) in [6.07, 6.45) is 5.57. The molecule has 1 saturated heterocycles. The van der Waals surface area contributed by atoms with E-state index in [9.17, 15) is 5.11 Å². The van der Waals surface area contributed by atoms with Crippen LogP contribution in [0.1, 0.15) is 24.0 Å². The molecule has 4 rings (SSSR count). The van der Waals surface area contributed by atoms with E-state index < -0.39 is 5.60 Å². The minimum Gasteiger partial charge on any atom is -0.492 e. The molecule has 1 N–H and O–H groups in total. The number of aliphatic hydroxyl groups is 1. The predicted molar refractivity (Wildman–Crippen MR) is 120 cm³/mol. The predicted octanol–water partition coefficient (Wildman–Crippen LogP) is 3.68. The van der Waals surface area contributed by atoms with Crippen molar-refractivity contribution in [3.05, 3.63) is 78.1 Å². The highest BCUT2D eigenvalue weighted by molar-refractivity contribution is 5.28. The van der Waals surface area contributed by atoms with Crippen LogP contribution in [-0.4, -0.2) is 51.7 Å². The largest absolute Gasteiger partial charge is 0.492 e. The number of hydrogen-bond acceptors (Lipinski definition) is 5. The Bertz CT molecular complexity index is 959. The molecule has 0 bridgehead atoms. The van der Waals surface area contributed by atoms with Gasteiger partial charge in [-0.2, -0.15) is 5.10 Å². The summed E-state index contributed by atoms with van der Waals surface area (Å²) in [4.78, 5) is 2.30. The highest BCUT2D eigenvalue weighted by Crippen LogP contribution is 2.25. The molecule has 6 heteroatoms. The van der Waals surface area contributed by atoms with Crippen molar-refractivity contribution in [3.8, 4) is 11.5 Å². The van der Waals surface area contributed by atoms with E-state index in [-0.39, 0.29) is 0 Å². The van der Waals surface area contributed by atoms with E-state index in [2.05, 4.69) is 22.1 Å². The lowest BCUT2D eigenvalue weighted by molar-refractivity contribution is -0.0621. The third kappa shape index (κ3) is 6.32. The highest BCUT2D eigenvalue weighted by atomic mass is 16.5. The Kier molecular flexibility index (Phi) is 6.89. The maximum absolute atomic E-state index is 11.1. The number of nitrogens with zero attached hydrogens (tertiary/aromatic N) is 3. The molecule has 2 heterocycles. The van der Waals surface area contributed by atoms with Crippen LogP contribution in [0.4, 0.5) is 0 Å². The molecule has 1 fully saturated rings. The SMILES string of the molecule is Cc1cnn(CCOc2cccc(CN3CCC[C@](O)(COc4ccccc4)C3)c2)c1. The summed E-state index contributed by atoms with van der Waals surface area (Å²) in [5.74, 6) is 1.66. The summed E-state index contributed by atoms with van der Waals surface area (Å²) in [6.45, 7) is 5.99. The van der Waals surface area contributed by atoms with Crippen LogP contribution < -0.4 is 9.47 Å². The van der Waals surface area contributed by atoms with E-state index >= 15 is 0 Å². The lowest BCUT2D eigenvalue weighted by Gasteiger charge is -2.39. The lowest BCUT2D eigenvalue weighted by atomic mass is 9.93. The van der Waals surface area contributed by atoms with Crippen molar-refractivity contribution in [2.45, 2.75) is 38.5 Å². The first-order chi connectivity index (χ1) is 15.1. The Morgan fingerprint density at radius 1 is 1.06 bits per heavy atom. The zero-order valence-electron chi connectivity index (χ0n) is 18.1. The Morgan fingerprint density at radius 3 is 2.71 bits per heavy atom. The number of para-hydroxylation sites is 1. The second-order valence-corrected chi connectivity index (χ2v) is 8.42. The van der Waals surface area contributed by atoms with E-state index in [0.29, 0.717) is 19.8 Å². The highest BCUT2D eigenvalue weighted by Gasteiger charge is 2.34. The van der Waals surface area contributed by atoms with Crippen LogP contribution in [0.15, 0.2) is 67.0 Å². The number of aryl methyl sites for hydroxylation is 1. The van der Waals surface area contributed by atoms with Crippen molar-refractivity contribution in [2.75, 3.05) is 26.3 Å². The van der Waals surface area contributed by atoms with Gasteiger partial charge >= 0.3 is 0 Å². The number of piperidine rings is 1. The minimum absolute atomic E-state index is 0.309. The second-order valence-electron chi connectivity index (χ2n) is 8.42. The molecule has 164 valence electrons. The number of aromatic nitrogens is 2. The molecule has 1 aliphatic rings. The standard InChI is InChI=1S/C25H31N3O3/c1-21-16-26-28(17-21)13-14-30-24-10-5-7-22(15-24)18-27-12-6-11-25(29,19-27)20-31-23-8-3-2-4-9-23/h2-5,7-10,15-17,29H,6,11-14,18-20H2,1H3/t25-/m1/s1. The molecule has 1 atom stereocenters. The van der Waals surface area contributed by atoms with Crippen LogP contribution in [-0.2, 0) is 13.1 Å². The van der Waals surface area contributed by atoms with E-state index in [0.717, 1.165) is 49.5 Å². The van der Waals surface area contributed by atoms with Crippen LogP contribution in [0.5, 0.6) is 11.5 Å². The number of rotatable bonds is 9. The van der Waals surface area contributed by atoms with Crippen LogP contribution in [0.25, 0.3) is 0 Å². The summed E-state index contributed by atoms with van der Waals surface area (Å²) >= 11 is 0. The monoisotopic (exact) mass is 421 g/mol. The van der Waals surface area contributed by atoms with Crippen LogP contribution in [0.3, 0.4) is 0 Å². The minimum atomic E-state index is -0.829. The van der Waals surface area contributed by atoms with Crippen molar-refractivity contribution in [1.82, 2.24) is 14.7 Å². The van der Waals surface area contributed by atoms with Gasteiger partial charge in [0.25, 0.3) is 0 Å². The zero-order valence-corrected chi connectivity index (χ0v) is 18.1. The van der Waals surface area contributed by atoms with E-state index in [1.807, 2.05) is 66.5 Å². The molecule has 1 aromatic heterocycles. The Morgan fingerprint density at radius 2 is 1.90 bits per heavy atom. The topological polar surface area (TPSA) is 59.8 Å². The number of β-amino-alcohol motifs (C(OH)–C–C–N with tert-alkyl or cyclic N) is 1. The molecule has 0 unspecified atom stereocenters. The summed E-state index contributed by atoms with van der Waals surface area (Å²) in [5.41, 5.74) is 1.50. The molecular formula is C25H31N3O3. The van der Waals surface area contributed by atoms with Crippen molar-refractivity contribution in [3.63, 3.8) is 0 Å². The van der Waals surface area contributed by atoms with Crippen molar-refractivity contribution < 1.29 is 14.6 Å². The van der Waals surface area contributed by atoms with Gasteiger partial charge in [-0.1, -0.05) is 30.3 Å². The van der Waals surface area contributed by atoms with Gasteiger partial charge in [-0.05, 0) is 61.7 Å². The molecule has 2 aromatic carbocycles. The number of benzene rings is 2. The van der Waals surface area contributed by atoms with Crippen molar-refractivity contribution >= 4 is 0 Å². The average molecular weight is 422 g/mol. The maximum atomic E-state index is 11.1. The van der Waals surface area contributed by atoms with Gasteiger partial charge < -0.3 is 14.6 Å². The van der Waals surface area contributed by atoms with Crippen LogP contribution in [0.2, 0.25) is 0 Å². The van der Waals surface area contributed by atoms with Gasteiger partial charge in [0, 0.05) is 19.3 Å². The summed E-state index contributed by atoms with van der Waals surface area (Å²) in [5, 5.41) is 15.3. The van der Waals surface area contributed by atoms with Crippen molar-refractivity contribution in [1.29, 1.82) is 0 Å². The summed E-state index contributed by atoms with van der Waals surface area (Å²) in [7, 11) is 0. The summed E-state index contributed by atoms with van der Waals surface area (Å²) in [6, 6.07) is 17.9. The molecule has 3 aromatic rings. The van der Waals surface area contributed by atoms with E-state index in [1.165, 1.54) is 5.56 Å². The first-order valence-corrected chi connectivity index (χ1v) is 10.9. The molecular weight excluding hydrogens is 390 g/mol. The maximum Gasteiger partial charge on any atom is 0.119 e. The molecule has 0 amide bonds. The quantitative estimate of drug-likeness (QED) is 0.571. The van der Waals surface area contributed by atoms with Gasteiger partial charge in [0.05, 0.1) is 12.7 Å². The zero-order chi connectivity index (χ0) is 21.5. The van der Waals surface area contributed by atoms with Crippen LogP contribution in [0, 0.1) is 6.92 Å². The van der Waals surface area contributed by atoms with Crippen LogP contribution >= 0.6 is 0 Å². The van der Waals surface area contributed by atoms with Gasteiger partial charge in [0.2, 0.25) is 0 Å². The Balaban J connectivity index is 1.28. The van der Waals surface area contributed by atoms with E-state index in [1.54, 1.807) is 0 Å². The average Bonchev–Trinajstić information content (AvgIpc) is 3.18. The van der Waals surface area contributed by atoms with Crippen molar-refractivity contribution in [2.24, 2.45) is 0 Å². The molecule has 1 aliphatic heterocycles. The van der Waals surface area contributed by atoms with Gasteiger partial charge in [-0.15, -0.1) is 0 Å². The fourth-order valence-corrected chi connectivity index (χ4v) is 4.03. The number of hydrogen-bond donors (Lipinski definition) is 1. The summed E-state index contributed by atoms with van der Waals surface area (Å²) < 4.78 is 13.7. The fraction of sp³-hybridized carbons (Fsp3) is 0.400. The Labute approximate surface area is 184 Å². The van der Waals surface area contributed by atoms with E-state index in [4.69, 9.17) is 9.47 Å². The molecule has 0 spiro atoms. The Hall–Kier alpha value is -2.83. The molecule has 31 heavy (non-hydrogen) atoms. The first kappa shape index (κ1) is 21.4. The van der Waals surface area contributed by atoms with Gasteiger partial charge in [0.1, 0.15) is 30.3 Å². The third-order valence-electron chi connectivity index (χ3n) is 5.54. The second kappa shape index (κ2) is 9.98. The number of likely N-dealkylation sites (tertiary alicyclic amines) is 1. The smallest absolute Gasteiger partial charge is 0.119 e. The fourth-order valence-electron chi connectivity index (χ4n) is 4.03. The van der Waals surface area contributed by atoms with Gasteiger partial charge in [-0.25, -0.2) is 0 Å². The lowest BCUT2D eigenvalue weighted by Crippen LogP contribution is -2.51. The normalized spacial score (nSPS) is 19.3. The van der Waals surface area contributed by atoms with Gasteiger partial charge in [0.15, 0.2) is 0 Å². The van der Waals surface area contributed by atoms with Gasteiger partial charge in [-0.3, -0.25) is 9.58 Å². The third-order valence-corrected chi connectivity index (χ3v) is 5.54.